The van der Waals surface area contributed by atoms with E-state index >= 15 is 0 Å². The third kappa shape index (κ3) is 4.36. The Morgan fingerprint density at radius 2 is 1.77 bits per heavy atom. The molecule has 10 heteroatoms. The second kappa shape index (κ2) is 9.76. The number of pyridine rings is 1. The molecule has 8 atom stereocenters. The van der Waals surface area contributed by atoms with Crippen LogP contribution in [0.5, 0.6) is 0 Å². The first-order valence-electron chi connectivity index (χ1n) is 13.8. The fraction of sp³-hybridized carbons (Fsp3) is 0.633. The smallest absolute Gasteiger partial charge is 0.340 e. The molecule has 1 N–H and O–H groups in total. The van der Waals surface area contributed by atoms with Crippen LogP contribution < -0.4 is 0 Å². The maximum Gasteiger partial charge on any atom is 0.340 e. The molecule has 1 aromatic heterocycles. The van der Waals surface area contributed by atoms with E-state index in [4.69, 9.17) is 18.9 Å². The molecule has 1 spiro atoms. The summed E-state index contributed by atoms with van der Waals surface area (Å²) in [5.41, 5.74) is -1.70. The highest BCUT2D eigenvalue weighted by molar-refractivity contribution is 5.97. The second-order valence-electron chi connectivity index (χ2n) is 12.4. The number of epoxide rings is 1. The third-order valence-corrected chi connectivity index (χ3v) is 9.74. The van der Waals surface area contributed by atoms with Crippen molar-refractivity contribution in [3.8, 4) is 0 Å². The van der Waals surface area contributed by atoms with E-state index in [2.05, 4.69) is 4.98 Å². The lowest BCUT2D eigenvalue weighted by Gasteiger charge is -2.60. The van der Waals surface area contributed by atoms with Crippen LogP contribution in [0.25, 0.3) is 0 Å². The SMILES string of the molecule is CC(=O)O[C@@H]1[C@@H]2CC(=O)C(C)=C([C@@H](OC(C)=O)[C@H](OC(=O)c3cccnc3)[C@]3(C)CC[C@H](O)[C@]4(CO4)[C@@H]13)C2(C)C. The molecule has 4 aliphatic rings. The topological polar surface area (TPSA) is 142 Å². The van der Waals surface area contributed by atoms with Gasteiger partial charge < -0.3 is 24.1 Å². The van der Waals surface area contributed by atoms with Crippen LogP contribution in [-0.4, -0.2) is 70.4 Å². The monoisotopic (exact) mass is 555 g/mol. The first kappa shape index (κ1) is 28.4. The molecular formula is C30H37NO9. The molecule has 0 unspecified atom stereocenters. The lowest BCUT2D eigenvalue weighted by molar-refractivity contribution is -0.215. The van der Waals surface area contributed by atoms with Gasteiger partial charge in [-0.3, -0.25) is 19.4 Å². The lowest BCUT2D eigenvalue weighted by atomic mass is 9.48. The average Bonchev–Trinajstić information content (AvgIpc) is 3.67. The normalized spacial score (nSPS) is 38.0. The number of fused-ring (bicyclic) bond motifs is 4. The second-order valence-corrected chi connectivity index (χ2v) is 12.4. The molecule has 0 amide bonds. The number of aromatic nitrogens is 1. The summed E-state index contributed by atoms with van der Waals surface area (Å²) in [6.45, 7) is 10.3. The van der Waals surface area contributed by atoms with Gasteiger partial charge in [-0.1, -0.05) is 20.8 Å². The molecule has 10 nitrogen and oxygen atoms in total. The van der Waals surface area contributed by atoms with Gasteiger partial charge >= 0.3 is 17.9 Å². The Labute approximate surface area is 233 Å². The van der Waals surface area contributed by atoms with Gasteiger partial charge in [0.2, 0.25) is 0 Å². The van der Waals surface area contributed by atoms with E-state index in [0.717, 1.165) is 0 Å². The summed E-state index contributed by atoms with van der Waals surface area (Å²) in [7, 11) is 0. The quantitative estimate of drug-likeness (QED) is 0.335. The molecular weight excluding hydrogens is 518 g/mol. The Morgan fingerprint density at radius 1 is 1.10 bits per heavy atom. The van der Waals surface area contributed by atoms with Gasteiger partial charge in [0.05, 0.1) is 18.3 Å². The highest BCUT2D eigenvalue weighted by Crippen LogP contribution is 2.64. The summed E-state index contributed by atoms with van der Waals surface area (Å²) in [4.78, 5) is 56.4. The van der Waals surface area contributed by atoms with Crippen molar-refractivity contribution in [3.05, 3.63) is 41.2 Å². The molecule has 3 fully saturated rings. The zero-order valence-electron chi connectivity index (χ0n) is 23.8. The predicted octanol–water partition coefficient (Wildman–Crippen LogP) is 2.96. The third-order valence-electron chi connectivity index (χ3n) is 9.74. The van der Waals surface area contributed by atoms with Crippen LogP contribution in [0.3, 0.4) is 0 Å². The molecule has 3 aliphatic carbocycles. The minimum Gasteiger partial charge on any atom is -0.462 e. The molecule has 1 aliphatic heterocycles. The van der Waals surface area contributed by atoms with E-state index in [1.165, 1.54) is 26.2 Å². The van der Waals surface area contributed by atoms with Crippen molar-refractivity contribution >= 4 is 23.7 Å². The number of ether oxygens (including phenoxy) is 4. The number of rotatable bonds is 4. The van der Waals surface area contributed by atoms with Crippen LogP contribution in [0.1, 0.15) is 71.2 Å². The molecule has 1 saturated heterocycles. The highest BCUT2D eigenvalue weighted by atomic mass is 16.6. The summed E-state index contributed by atoms with van der Waals surface area (Å²) < 4.78 is 24.4. The summed E-state index contributed by atoms with van der Waals surface area (Å²) in [6.07, 6.45) is -0.186. The van der Waals surface area contributed by atoms with Gasteiger partial charge in [-0.15, -0.1) is 0 Å². The number of nitrogens with zero attached hydrogens (tertiary/aromatic N) is 1. The fourth-order valence-corrected chi connectivity index (χ4v) is 7.82. The Hall–Kier alpha value is -3.11. The fourth-order valence-electron chi connectivity index (χ4n) is 7.82. The van der Waals surface area contributed by atoms with Crippen LogP contribution in [0.2, 0.25) is 0 Å². The van der Waals surface area contributed by atoms with E-state index in [1.54, 1.807) is 19.1 Å². The summed E-state index contributed by atoms with van der Waals surface area (Å²) in [6, 6.07) is 3.19. The number of carbonyl (C=O) groups is 4. The lowest BCUT2D eigenvalue weighted by Crippen LogP contribution is -2.68. The van der Waals surface area contributed by atoms with E-state index in [1.807, 2.05) is 20.8 Å². The van der Waals surface area contributed by atoms with Gasteiger partial charge in [-0.2, -0.15) is 0 Å². The highest BCUT2D eigenvalue weighted by Gasteiger charge is 2.73. The maximum atomic E-state index is 13.6. The minimum absolute atomic E-state index is 0.103. The molecule has 216 valence electrons. The van der Waals surface area contributed by atoms with Gasteiger partial charge in [-0.25, -0.2) is 4.79 Å². The number of hydrogen-bond donors (Lipinski definition) is 1. The number of ketones is 1. The number of carbonyl (C=O) groups excluding carboxylic acids is 4. The van der Waals surface area contributed by atoms with Gasteiger partial charge in [0.15, 0.2) is 11.9 Å². The Kier molecular flexibility index (Phi) is 6.94. The summed E-state index contributed by atoms with van der Waals surface area (Å²) in [5, 5.41) is 11.2. The molecule has 0 radical (unpaired) electrons. The van der Waals surface area contributed by atoms with E-state index in [9.17, 15) is 24.3 Å². The first-order valence-corrected chi connectivity index (χ1v) is 13.8. The van der Waals surface area contributed by atoms with Crippen molar-refractivity contribution in [1.82, 2.24) is 4.98 Å². The Balaban J connectivity index is 1.79. The molecule has 2 saturated carbocycles. The molecule has 40 heavy (non-hydrogen) atoms. The maximum absolute atomic E-state index is 13.6. The Morgan fingerprint density at radius 3 is 2.35 bits per heavy atom. The zero-order chi connectivity index (χ0) is 29.2. The van der Waals surface area contributed by atoms with E-state index in [0.29, 0.717) is 24.0 Å². The number of esters is 3. The standard InChI is InChI=1S/C30H37NO9/c1-15-20(34)12-19-23(38-16(2)32)25-29(6,10-9-21(35)30(25)14-37-30)26(40-27(36)18-8-7-11-31-13-18)24(39-17(3)33)22(15)28(19,4)5/h7-8,11,13,19,21,23-26,35H,9-10,12,14H2,1-6H3/t19-,21-,23+,24+,25-,26-,29+,30+/m0/s1. The summed E-state index contributed by atoms with van der Waals surface area (Å²) in [5.74, 6) is -3.15. The molecule has 5 rings (SSSR count). The van der Waals surface area contributed by atoms with Gasteiger partial charge in [0, 0.05) is 49.9 Å². The van der Waals surface area contributed by atoms with Crippen molar-refractivity contribution in [3.63, 3.8) is 0 Å². The molecule has 0 aromatic carbocycles. The van der Waals surface area contributed by atoms with Crippen molar-refractivity contribution in [2.45, 2.75) is 90.8 Å². The molecule has 2 heterocycles. The van der Waals surface area contributed by atoms with Crippen molar-refractivity contribution in [2.24, 2.45) is 22.7 Å². The van der Waals surface area contributed by atoms with Crippen LogP contribution >= 0.6 is 0 Å². The number of aliphatic hydroxyl groups excluding tert-OH is 1. The van der Waals surface area contributed by atoms with Gasteiger partial charge in [0.1, 0.15) is 17.8 Å². The number of allylic oxidation sites excluding steroid dienone is 1. The van der Waals surface area contributed by atoms with E-state index < -0.39 is 70.6 Å². The predicted molar refractivity (Wildman–Crippen MR) is 140 cm³/mol. The van der Waals surface area contributed by atoms with E-state index in [-0.39, 0.29) is 24.4 Å². The van der Waals surface area contributed by atoms with Gasteiger partial charge in [0.25, 0.3) is 0 Å². The van der Waals surface area contributed by atoms with Crippen molar-refractivity contribution in [1.29, 1.82) is 0 Å². The summed E-state index contributed by atoms with van der Waals surface area (Å²) >= 11 is 0. The molecule has 2 bridgehead atoms. The number of hydrogen-bond acceptors (Lipinski definition) is 10. The minimum atomic E-state index is -1.10. The Bertz CT molecular complexity index is 1270. The van der Waals surface area contributed by atoms with Crippen LogP contribution in [-0.2, 0) is 33.3 Å². The zero-order valence-corrected chi connectivity index (χ0v) is 23.8. The van der Waals surface area contributed by atoms with Gasteiger partial charge in [-0.05, 0) is 48.5 Å². The first-order chi connectivity index (χ1) is 18.7. The largest absolute Gasteiger partial charge is 0.462 e. The van der Waals surface area contributed by atoms with Crippen LogP contribution in [0.15, 0.2) is 35.7 Å². The number of Topliss-reactive ketones (excluding diaryl/α,β-unsaturated/α-hetero) is 1. The van der Waals surface area contributed by atoms with Crippen molar-refractivity contribution in [2.75, 3.05) is 6.61 Å². The van der Waals surface area contributed by atoms with Crippen LogP contribution in [0.4, 0.5) is 0 Å². The van der Waals surface area contributed by atoms with Crippen molar-refractivity contribution < 1.29 is 43.2 Å². The van der Waals surface area contributed by atoms with Crippen LogP contribution in [0, 0.1) is 22.7 Å². The molecule has 1 aromatic rings. The average molecular weight is 556 g/mol. The number of aliphatic hydroxyl groups is 1.